The van der Waals surface area contributed by atoms with Crippen LogP contribution in [0.2, 0.25) is 5.02 Å². The lowest BCUT2D eigenvalue weighted by Crippen LogP contribution is -2.35. The van der Waals surface area contributed by atoms with Gasteiger partial charge < -0.3 is 5.32 Å². The number of nitrogens with zero attached hydrogens (tertiary/aromatic N) is 2. The highest BCUT2D eigenvalue weighted by molar-refractivity contribution is 14.1. The molecule has 0 atom stereocenters. The molecular weight excluding hydrogens is 373 g/mol. The molecule has 1 aromatic carbocycles. The molecule has 0 spiro atoms. The van der Waals surface area contributed by atoms with Crippen molar-refractivity contribution in [3.05, 3.63) is 44.7 Å². The van der Waals surface area contributed by atoms with Gasteiger partial charge in [0.05, 0.1) is 15.5 Å². The van der Waals surface area contributed by atoms with Gasteiger partial charge in [0, 0.05) is 28.9 Å². The Morgan fingerprint density at radius 2 is 2.11 bits per heavy atom. The summed E-state index contributed by atoms with van der Waals surface area (Å²) < 4.78 is 2.97. The first-order chi connectivity index (χ1) is 8.87. The summed E-state index contributed by atoms with van der Waals surface area (Å²) in [7, 11) is 0. The normalized spacial score (nSPS) is 11.8. The Morgan fingerprint density at radius 1 is 1.37 bits per heavy atom. The zero-order chi connectivity index (χ0) is 14.0. The molecule has 0 aliphatic carbocycles. The molecule has 3 nitrogen and oxygen atoms in total. The highest BCUT2D eigenvalue weighted by atomic mass is 127. The molecule has 2 aromatic rings. The molecule has 0 fully saturated rings. The summed E-state index contributed by atoms with van der Waals surface area (Å²) in [5.74, 6) is 0. The second-order valence-electron chi connectivity index (χ2n) is 5.44. The molecule has 0 amide bonds. The predicted molar refractivity (Wildman–Crippen MR) is 87.9 cm³/mol. The third-order valence-electron chi connectivity index (χ3n) is 2.69. The Bertz CT molecular complexity index is 572. The smallest absolute Gasteiger partial charge is 0.0705 e. The van der Waals surface area contributed by atoms with Crippen molar-refractivity contribution < 1.29 is 0 Å². The second-order valence-corrected chi connectivity index (χ2v) is 7.10. The van der Waals surface area contributed by atoms with Crippen molar-refractivity contribution in [3.8, 4) is 5.69 Å². The van der Waals surface area contributed by atoms with E-state index in [1.807, 2.05) is 35.3 Å². The third-order valence-corrected chi connectivity index (χ3v) is 3.60. The van der Waals surface area contributed by atoms with Gasteiger partial charge in [-0.3, -0.25) is 0 Å². The molecule has 19 heavy (non-hydrogen) atoms. The number of benzene rings is 1. The van der Waals surface area contributed by atoms with E-state index in [2.05, 4.69) is 53.8 Å². The van der Waals surface area contributed by atoms with E-state index in [9.17, 15) is 0 Å². The molecule has 0 aliphatic heterocycles. The Labute approximate surface area is 132 Å². The average Bonchev–Trinajstić information content (AvgIpc) is 2.72. The van der Waals surface area contributed by atoms with Crippen molar-refractivity contribution in [2.24, 2.45) is 0 Å². The van der Waals surface area contributed by atoms with Gasteiger partial charge in [-0.15, -0.1) is 0 Å². The molecule has 2 rings (SSSR count). The van der Waals surface area contributed by atoms with E-state index in [0.717, 1.165) is 26.4 Å². The van der Waals surface area contributed by atoms with Gasteiger partial charge in [-0.25, -0.2) is 4.68 Å². The van der Waals surface area contributed by atoms with E-state index >= 15 is 0 Å². The van der Waals surface area contributed by atoms with Crippen molar-refractivity contribution in [2.75, 3.05) is 0 Å². The number of hydrogen-bond acceptors (Lipinski definition) is 2. The molecule has 1 heterocycles. The van der Waals surface area contributed by atoms with Crippen molar-refractivity contribution in [1.29, 1.82) is 0 Å². The third kappa shape index (κ3) is 3.94. The van der Waals surface area contributed by atoms with Crippen LogP contribution in [0.3, 0.4) is 0 Å². The van der Waals surface area contributed by atoms with Gasteiger partial charge in [0.2, 0.25) is 0 Å². The second kappa shape index (κ2) is 5.81. The van der Waals surface area contributed by atoms with E-state index in [-0.39, 0.29) is 5.54 Å². The van der Waals surface area contributed by atoms with Gasteiger partial charge in [-0.2, -0.15) is 5.10 Å². The van der Waals surface area contributed by atoms with Crippen molar-refractivity contribution in [1.82, 2.24) is 15.1 Å². The molecule has 0 bridgehead atoms. The highest BCUT2D eigenvalue weighted by Gasteiger charge is 2.14. The fraction of sp³-hybridized carbons (Fsp3) is 0.357. The van der Waals surface area contributed by atoms with Gasteiger partial charge in [-0.05, 0) is 55.5 Å². The summed E-state index contributed by atoms with van der Waals surface area (Å²) in [6.45, 7) is 7.13. The Hall–Kier alpha value is -0.590. The van der Waals surface area contributed by atoms with Crippen LogP contribution in [0.25, 0.3) is 5.69 Å². The largest absolute Gasteiger partial charge is 0.308 e. The quantitative estimate of drug-likeness (QED) is 0.804. The maximum absolute atomic E-state index is 6.33. The average molecular weight is 390 g/mol. The number of nitrogens with one attached hydrogen (secondary N) is 1. The molecule has 0 saturated heterocycles. The predicted octanol–water partition coefficient (Wildman–Crippen LogP) is 4.02. The van der Waals surface area contributed by atoms with Crippen LogP contribution in [-0.2, 0) is 6.54 Å². The summed E-state index contributed by atoms with van der Waals surface area (Å²) in [4.78, 5) is 0. The van der Waals surface area contributed by atoms with Gasteiger partial charge in [0.15, 0.2) is 0 Å². The number of halogens is 2. The van der Waals surface area contributed by atoms with Crippen LogP contribution in [0.5, 0.6) is 0 Å². The van der Waals surface area contributed by atoms with Crippen molar-refractivity contribution in [3.63, 3.8) is 0 Å². The minimum Gasteiger partial charge on any atom is -0.308 e. The lowest BCUT2D eigenvalue weighted by molar-refractivity contribution is 0.424. The Balaban J connectivity index is 2.36. The monoisotopic (exact) mass is 389 g/mol. The van der Waals surface area contributed by atoms with Crippen LogP contribution < -0.4 is 5.32 Å². The van der Waals surface area contributed by atoms with Crippen LogP contribution in [0.1, 0.15) is 26.3 Å². The molecule has 1 N–H and O–H groups in total. The fourth-order valence-corrected chi connectivity index (χ4v) is 2.35. The minimum absolute atomic E-state index is 0.0506. The van der Waals surface area contributed by atoms with Crippen LogP contribution >= 0.6 is 34.2 Å². The van der Waals surface area contributed by atoms with Gasteiger partial charge >= 0.3 is 0 Å². The molecule has 1 aromatic heterocycles. The zero-order valence-electron chi connectivity index (χ0n) is 11.2. The fourth-order valence-electron chi connectivity index (χ4n) is 1.72. The Morgan fingerprint density at radius 3 is 2.68 bits per heavy atom. The molecule has 5 heteroatoms. The summed E-state index contributed by atoms with van der Waals surface area (Å²) in [5, 5.41) is 8.59. The molecule has 102 valence electrons. The number of rotatable bonds is 3. The van der Waals surface area contributed by atoms with Crippen LogP contribution in [0.15, 0.2) is 30.6 Å². The summed E-state index contributed by atoms with van der Waals surface area (Å²) in [5.41, 5.74) is 2.14. The van der Waals surface area contributed by atoms with E-state index < -0.39 is 0 Å². The van der Waals surface area contributed by atoms with Gasteiger partial charge in [0.1, 0.15) is 0 Å². The van der Waals surface area contributed by atoms with Crippen molar-refractivity contribution >= 4 is 34.2 Å². The molecule has 0 aliphatic rings. The van der Waals surface area contributed by atoms with E-state index in [1.54, 1.807) is 0 Å². The summed E-state index contributed by atoms with van der Waals surface area (Å²) in [6.07, 6.45) is 3.83. The van der Waals surface area contributed by atoms with Crippen LogP contribution in [-0.4, -0.2) is 15.3 Å². The maximum Gasteiger partial charge on any atom is 0.0705 e. The first-order valence-electron chi connectivity index (χ1n) is 6.10. The first kappa shape index (κ1) is 14.8. The SMILES string of the molecule is CC(C)(C)NCc1c(Cl)cccc1-n1cc(I)cn1. The Kier molecular flexibility index (Phi) is 4.53. The van der Waals surface area contributed by atoms with Crippen LogP contribution in [0, 0.1) is 3.57 Å². The van der Waals surface area contributed by atoms with E-state index in [1.165, 1.54) is 0 Å². The molecular formula is C14H17ClIN3. The highest BCUT2D eigenvalue weighted by Crippen LogP contribution is 2.24. The van der Waals surface area contributed by atoms with Gasteiger partial charge in [0.25, 0.3) is 0 Å². The zero-order valence-corrected chi connectivity index (χ0v) is 14.2. The summed E-state index contributed by atoms with van der Waals surface area (Å²) in [6, 6.07) is 5.90. The van der Waals surface area contributed by atoms with Gasteiger partial charge in [-0.1, -0.05) is 17.7 Å². The maximum atomic E-state index is 6.33. The molecule has 0 saturated carbocycles. The first-order valence-corrected chi connectivity index (χ1v) is 7.55. The van der Waals surface area contributed by atoms with E-state index in [4.69, 9.17) is 11.6 Å². The lowest BCUT2D eigenvalue weighted by atomic mass is 10.1. The number of hydrogen-bond donors (Lipinski definition) is 1. The van der Waals surface area contributed by atoms with E-state index in [0.29, 0.717) is 0 Å². The molecule has 0 radical (unpaired) electrons. The lowest BCUT2D eigenvalue weighted by Gasteiger charge is -2.22. The number of aromatic nitrogens is 2. The topological polar surface area (TPSA) is 29.9 Å². The van der Waals surface area contributed by atoms with Crippen LogP contribution in [0.4, 0.5) is 0 Å². The van der Waals surface area contributed by atoms with Crippen molar-refractivity contribution in [2.45, 2.75) is 32.9 Å². The standard InChI is InChI=1S/C14H17ClIN3/c1-14(2,3)17-8-11-12(15)5-4-6-13(11)19-9-10(16)7-18-19/h4-7,9,17H,8H2,1-3H3. The minimum atomic E-state index is 0.0506. The summed E-state index contributed by atoms with van der Waals surface area (Å²) >= 11 is 8.58. The molecule has 0 unspecified atom stereocenters.